The van der Waals surface area contributed by atoms with Crippen molar-refractivity contribution in [3.8, 4) is 0 Å². The molecule has 0 bridgehead atoms. The van der Waals surface area contributed by atoms with Crippen LogP contribution in [0.25, 0.3) is 0 Å². The molecule has 0 aromatic heterocycles. The number of unbranched alkanes of at least 4 members (excludes halogenated alkanes) is 3. The molecule has 2 N–H and O–H groups in total. The van der Waals surface area contributed by atoms with Crippen LogP contribution >= 0.6 is 0 Å². The van der Waals surface area contributed by atoms with Crippen molar-refractivity contribution < 1.29 is 4.74 Å². The van der Waals surface area contributed by atoms with E-state index in [9.17, 15) is 0 Å². The standard InChI is InChI=1S/C10H14NO.3C4H9.Sn/c1-12-8-7-10(11)9-5-3-2-4-6-9;3*1-3-4-2;/h2-6,10H,1,7-8,11H2;3*1,3-4H2,2H3;. The third kappa shape index (κ3) is 9.44. The first-order valence-electron chi connectivity index (χ1n) is 10.6. The van der Waals surface area contributed by atoms with E-state index in [4.69, 9.17) is 10.5 Å². The zero-order valence-corrected chi connectivity index (χ0v) is 19.8. The fraction of sp³-hybridized carbons (Fsp3) is 0.727. The summed E-state index contributed by atoms with van der Waals surface area (Å²) in [5, 5.41) is 0. The van der Waals surface area contributed by atoms with Crippen molar-refractivity contribution in [3.63, 3.8) is 0 Å². The molecular weight excluding hydrogens is 413 g/mol. The van der Waals surface area contributed by atoms with Crippen LogP contribution in [0.2, 0.25) is 13.3 Å². The van der Waals surface area contributed by atoms with Crippen LogP contribution < -0.4 is 5.73 Å². The second-order valence-corrected chi connectivity index (χ2v) is 21.3. The van der Waals surface area contributed by atoms with Crippen molar-refractivity contribution in [2.24, 2.45) is 5.73 Å². The summed E-state index contributed by atoms with van der Waals surface area (Å²) in [5.41, 5.74) is 7.55. The summed E-state index contributed by atoms with van der Waals surface area (Å²) in [6.07, 6.45) is 9.16. The predicted molar refractivity (Wildman–Crippen MR) is 114 cm³/mol. The summed E-state index contributed by atoms with van der Waals surface area (Å²) in [7, 11) is 0. The molecule has 0 aliphatic carbocycles. The number of ether oxygens (including phenoxy) is 1. The van der Waals surface area contributed by atoms with Gasteiger partial charge in [-0.05, 0) is 0 Å². The molecule has 1 aromatic rings. The zero-order valence-electron chi connectivity index (χ0n) is 16.9. The fourth-order valence-corrected chi connectivity index (χ4v) is 18.1. The average Bonchev–Trinajstić information content (AvgIpc) is 2.66. The topological polar surface area (TPSA) is 35.2 Å². The first kappa shape index (κ1) is 23.0. The van der Waals surface area contributed by atoms with Gasteiger partial charge < -0.3 is 0 Å². The van der Waals surface area contributed by atoms with Crippen LogP contribution in [0.15, 0.2) is 30.3 Å². The van der Waals surface area contributed by atoms with Gasteiger partial charge in [0.2, 0.25) is 0 Å². The minimum absolute atomic E-state index is 0.104. The Morgan fingerprint density at radius 2 is 1.40 bits per heavy atom. The molecule has 1 rings (SSSR count). The summed E-state index contributed by atoms with van der Waals surface area (Å²) < 4.78 is 12.0. The van der Waals surface area contributed by atoms with E-state index in [1.54, 1.807) is 0 Å². The van der Waals surface area contributed by atoms with Gasteiger partial charge in [-0.2, -0.15) is 0 Å². The van der Waals surface area contributed by atoms with Crippen molar-refractivity contribution in [2.75, 3.05) is 11.2 Å². The molecule has 0 fully saturated rings. The molecule has 0 spiro atoms. The molecule has 0 amide bonds. The fourth-order valence-electron chi connectivity index (χ4n) is 3.61. The van der Waals surface area contributed by atoms with Crippen molar-refractivity contribution in [3.05, 3.63) is 35.9 Å². The van der Waals surface area contributed by atoms with Crippen molar-refractivity contribution in [1.29, 1.82) is 0 Å². The second-order valence-electron chi connectivity index (χ2n) is 7.67. The van der Waals surface area contributed by atoms with Crippen LogP contribution in [-0.4, -0.2) is 29.6 Å². The molecule has 144 valence electrons. The molecule has 3 heteroatoms. The summed E-state index contributed by atoms with van der Waals surface area (Å²) in [6, 6.07) is 10.5. The Bertz CT molecular complexity index is 402. The van der Waals surface area contributed by atoms with Crippen molar-refractivity contribution in [1.82, 2.24) is 0 Å². The maximum absolute atomic E-state index is 6.32. The van der Waals surface area contributed by atoms with E-state index in [1.165, 1.54) is 57.4 Å². The molecular formula is C22H41NOSn. The van der Waals surface area contributed by atoms with Gasteiger partial charge in [0.1, 0.15) is 0 Å². The van der Waals surface area contributed by atoms with Crippen molar-refractivity contribution in [2.45, 2.75) is 85.1 Å². The van der Waals surface area contributed by atoms with Gasteiger partial charge in [-0.3, -0.25) is 0 Å². The number of rotatable bonds is 15. The second kappa shape index (κ2) is 14.1. The monoisotopic (exact) mass is 455 g/mol. The molecule has 1 atom stereocenters. The Hall–Kier alpha value is -0.0613. The van der Waals surface area contributed by atoms with E-state index in [1.807, 2.05) is 6.07 Å². The van der Waals surface area contributed by atoms with E-state index in [0.717, 1.165) is 17.7 Å². The van der Waals surface area contributed by atoms with Crippen LogP contribution in [-0.2, 0) is 4.74 Å². The van der Waals surface area contributed by atoms with Gasteiger partial charge in [-0.25, -0.2) is 0 Å². The number of hydrogen-bond acceptors (Lipinski definition) is 2. The quantitative estimate of drug-likeness (QED) is 0.243. The van der Waals surface area contributed by atoms with Crippen molar-refractivity contribution >= 4 is 18.4 Å². The van der Waals surface area contributed by atoms with E-state index >= 15 is 0 Å². The van der Waals surface area contributed by atoms with E-state index in [0.29, 0.717) is 0 Å². The average molecular weight is 454 g/mol. The third-order valence-electron chi connectivity index (χ3n) is 5.39. The first-order valence-corrected chi connectivity index (χ1v) is 18.6. The molecule has 0 radical (unpaired) electrons. The Morgan fingerprint density at radius 3 is 1.88 bits per heavy atom. The molecule has 25 heavy (non-hydrogen) atoms. The number of hydrogen-bond donors (Lipinski definition) is 1. The van der Waals surface area contributed by atoms with Gasteiger partial charge in [0.15, 0.2) is 0 Å². The summed E-state index contributed by atoms with van der Waals surface area (Å²) >= 11 is -2.12. The number of benzene rings is 1. The maximum atomic E-state index is 6.32. The molecule has 0 aliphatic rings. The van der Waals surface area contributed by atoms with Crippen LogP contribution in [0, 0.1) is 0 Å². The molecule has 2 nitrogen and oxygen atoms in total. The normalized spacial score (nSPS) is 13.1. The van der Waals surface area contributed by atoms with Crippen LogP contribution in [0.3, 0.4) is 0 Å². The Balaban J connectivity index is 2.51. The van der Waals surface area contributed by atoms with Crippen LogP contribution in [0.4, 0.5) is 0 Å². The SMILES string of the molecule is CCC[CH2][Sn]([CH2]CCC)([CH2]CCC)[CH2]OCCC(N)c1ccccc1. The number of nitrogens with two attached hydrogens (primary N) is 1. The summed E-state index contributed by atoms with van der Waals surface area (Å²) in [5.74, 6) is 0. The third-order valence-corrected chi connectivity index (χ3v) is 19.8. The van der Waals surface area contributed by atoms with Gasteiger partial charge >= 0.3 is 161 Å². The first-order chi connectivity index (χ1) is 12.2. The molecule has 0 heterocycles. The summed E-state index contributed by atoms with van der Waals surface area (Å²) in [4.78, 5) is 0. The van der Waals surface area contributed by atoms with E-state index < -0.39 is 18.4 Å². The zero-order chi connectivity index (χ0) is 18.4. The van der Waals surface area contributed by atoms with Gasteiger partial charge in [0.25, 0.3) is 0 Å². The molecule has 0 aliphatic heterocycles. The molecule has 1 aromatic carbocycles. The molecule has 0 saturated heterocycles. The van der Waals surface area contributed by atoms with E-state index in [-0.39, 0.29) is 6.04 Å². The van der Waals surface area contributed by atoms with Gasteiger partial charge in [0.05, 0.1) is 0 Å². The molecule has 1 unspecified atom stereocenters. The molecule has 0 saturated carbocycles. The van der Waals surface area contributed by atoms with Crippen LogP contribution in [0.1, 0.15) is 77.3 Å². The van der Waals surface area contributed by atoms with E-state index in [2.05, 4.69) is 45.0 Å². The minimum atomic E-state index is -2.12. The summed E-state index contributed by atoms with van der Waals surface area (Å²) in [6.45, 7) is 7.81. The Morgan fingerprint density at radius 1 is 0.880 bits per heavy atom. The Kier molecular flexibility index (Phi) is 12.9. The van der Waals surface area contributed by atoms with Crippen LogP contribution in [0.5, 0.6) is 0 Å². The van der Waals surface area contributed by atoms with Gasteiger partial charge in [0, 0.05) is 0 Å². The Labute approximate surface area is 160 Å². The van der Waals surface area contributed by atoms with Gasteiger partial charge in [-0.15, -0.1) is 0 Å². The predicted octanol–water partition coefficient (Wildman–Crippen LogP) is 6.48. The van der Waals surface area contributed by atoms with Gasteiger partial charge in [-0.1, -0.05) is 0 Å².